The van der Waals surface area contributed by atoms with Gasteiger partial charge < -0.3 is 5.11 Å². The van der Waals surface area contributed by atoms with E-state index in [1.165, 1.54) is 12.1 Å². The molecule has 0 unspecified atom stereocenters. The highest BCUT2D eigenvalue weighted by Crippen LogP contribution is 2.24. The molecule has 14 heavy (non-hydrogen) atoms. The Balaban J connectivity index is 0.000000791. The Morgan fingerprint density at radius 3 is 2.14 bits per heavy atom. The van der Waals surface area contributed by atoms with Gasteiger partial charge in [0.2, 0.25) is 0 Å². The van der Waals surface area contributed by atoms with Crippen molar-refractivity contribution in [2.24, 2.45) is 0 Å². The smallest absolute Gasteiger partial charge is 0.337 e. The van der Waals surface area contributed by atoms with Crippen molar-refractivity contribution in [1.82, 2.24) is 0 Å². The summed E-state index contributed by atoms with van der Waals surface area (Å²) in [5, 5.41) is 9.30. The molecule has 1 rings (SSSR count). The fraction of sp³-hybridized carbons (Fsp3) is 0.300. The van der Waals surface area contributed by atoms with E-state index >= 15 is 0 Å². The molecule has 0 spiro atoms. The van der Waals surface area contributed by atoms with Crippen molar-refractivity contribution in [3.8, 4) is 0 Å². The summed E-state index contributed by atoms with van der Waals surface area (Å²) in [6.45, 7) is 5.73. The zero-order valence-electron chi connectivity index (χ0n) is 8.27. The van der Waals surface area contributed by atoms with E-state index in [9.17, 15) is 4.79 Å². The Bertz CT molecular complexity index is 335. The lowest BCUT2D eigenvalue weighted by molar-refractivity contribution is 0.0697. The Labute approximate surface area is 93.5 Å². The van der Waals surface area contributed by atoms with Crippen molar-refractivity contribution in [1.29, 1.82) is 0 Å². The molecule has 4 heteroatoms. The number of hydrogen-bond donors (Lipinski definition) is 1. The average Bonchev–Trinajstić information content (AvgIpc) is 2.14. The molecule has 2 nitrogen and oxygen atoms in total. The molecular formula is C10H12Cl2O2. The molecule has 0 amide bonds. The Hall–Kier alpha value is -0.730. The van der Waals surface area contributed by atoms with Crippen LogP contribution in [0.25, 0.3) is 0 Å². The van der Waals surface area contributed by atoms with Gasteiger partial charge in [-0.15, -0.1) is 0 Å². The fourth-order valence-corrected chi connectivity index (χ4v) is 1.29. The van der Waals surface area contributed by atoms with Crippen LogP contribution in [0.2, 0.25) is 10.0 Å². The van der Waals surface area contributed by atoms with Gasteiger partial charge in [0.15, 0.2) is 0 Å². The van der Waals surface area contributed by atoms with Gasteiger partial charge in [-0.25, -0.2) is 4.79 Å². The second kappa shape index (κ2) is 5.89. The molecule has 0 aliphatic rings. The van der Waals surface area contributed by atoms with E-state index in [0.29, 0.717) is 10.6 Å². The van der Waals surface area contributed by atoms with Crippen molar-refractivity contribution in [3.05, 3.63) is 33.3 Å². The van der Waals surface area contributed by atoms with E-state index in [1.54, 1.807) is 6.92 Å². The van der Waals surface area contributed by atoms with E-state index in [-0.39, 0.29) is 10.6 Å². The van der Waals surface area contributed by atoms with Crippen LogP contribution in [0.4, 0.5) is 0 Å². The minimum Gasteiger partial charge on any atom is -0.478 e. The summed E-state index contributed by atoms with van der Waals surface area (Å²) < 4.78 is 0. The van der Waals surface area contributed by atoms with Crippen LogP contribution in [0.15, 0.2) is 12.1 Å². The van der Waals surface area contributed by atoms with Gasteiger partial charge >= 0.3 is 5.97 Å². The standard InChI is InChI=1S/C8H6Cl2O2.C2H6/c1-4-2-5(8(11)12)7(10)3-6(4)9;1-2/h2-3H,1H3,(H,11,12);1-2H3. The number of carboxylic acid groups (broad SMARTS) is 1. The maximum absolute atomic E-state index is 10.6. The summed E-state index contributed by atoms with van der Waals surface area (Å²) in [5.74, 6) is -1.04. The lowest BCUT2D eigenvalue weighted by Gasteiger charge is -2.01. The quantitative estimate of drug-likeness (QED) is 0.797. The van der Waals surface area contributed by atoms with Gasteiger partial charge in [0, 0.05) is 5.02 Å². The van der Waals surface area contributed by atoms with Crippen LogP contribution in [-0.4, -0.2) is 11.1 Å². The van der Waals surface area contributed by atoms with Gasteiger partial charge in [0.05, 0.1) is 10.6 Å². The van der Waals surface area contributed by atoms with E-state index in [4.69, 9.17) is 28.3 Å². The zero-order chi connectivity index (χ0) is 11.3. The first-order chi connectivity index (χ1) is 6.52. The summed E-state index contributed by atoms with van der Waals surface area (Å²) >= 11 is 11.3. The molecule has 0 saturated heterocycles. The molecule has 0 radical (unpaired) electrons. The van der Waals surface area contributed by atoms with E-state index in [1.807, 2.05) is 13.8 Å². The average molecular weight is 235 g/mol. The first kappa shape index (κ1) is 13.3. The zero-order valence-corrected chi connectivity index (χ0v) is 9.78. The molecule has 78 valence electrons. The number of carbonyl (C=O) groups is 1. The van der Waals surface area contributed by atoms with E-state index in [2.05, 4.69) is 0 Å². The lowest BCUT2D eigenvalue weighted by atomic mass is 10.1. The molecule has 0 bridgehead atoms. The fourth-order valence-electron chi connectivity index (χ4n) is 0.821. The maximum atomic E-state index is 10.6. The highest BCUT2D eigenvalue weighted by Gasteiger charge is 2.10. The third-order valence-corrected chi connectivity index (χ3v) is 2.20. The largest absolute Gasteiger partial charge is 0.478 e. The minimum atomic E-state index is -1.04. The van der Waals surface area contributed by atoms with Crippen molar-refractivity contribution in [2.45, 2.75) is 20.8 Å². The molecule has 1 aromatic rings. The summed E-state index contributed by atoms with van der Waals surface area (Å²) in [4.78, 5) is 10.6. The Kier molecular flexibility index (Phi) is 5.58. The predicted octanol–water partition coefficient (Wildman–Crippen LogP) is 4.03. The number of aryl methyl sites for hydroxylation is 1. The van der Waals surface area contributed by atoms with Crippen molar-refractivity contribution in [2.75, 3.05) is 0 Å². The van der Waals surface area contributed by atoms with Crippen molar-refractivity contribution < 1.29 is 9.90 Å². The van der Waals surface area contributed by atoms with Gasteiger partial charge in [0.1, 0.15) is 0 Å². The first-order valence-electron chi connectivity index (χ1n) is 4.21. The third-order valence-electron chi connectivity index (χ3n) is 1.48. The molecule has 0 aliphatic carbocycles. The van der Waals surface area contributed by atoms with Crippen LogP contribution < -0.4 is 0 Å². The molecule has 1 aromatic carbocycles. The lowest BCUT2D eigenvalue weighted by Crippen LogP contribution is -1.97. The van der Waals surface area contributed by atoms with Crippen LogP contribution in [0.5, 0.6) is 0 Å². The molecule has 0 atom stereocenters. The topological polar surface area (TPSA) is 37.3 Å². The first-order valence-corrected chi connectivity index (χ1v) is 4.97. The van der Waals surface area contributed by atoms with Crippen molar-refractivity contribution in [3.63, 3.8) is 0 Å². The SMILES string of the molecule is CC.Cc1cc(C(=O)O)c(Cl)cc1Cl. The monoisotopic (exact) mass is 234 g/mol. The van der Waals surface area contributed by atoms with Crippen LogP contribution in [-0.2, 0) is 0 Å². The number of aromatic carboxylic acids is 1. The minimum absolute atomic E-state index is 0.0820. The summed E-state index contributed by atoms with van der Waals surface area (Å²) in [7, 11) is 0. The van der Waals surface area contributed by atoms with Crippen LogP contribution in [0.3, 0.4) is 0 Å². The van der Waals surface area contributed by atoms with Gasteiger partial charge in [-0.1, -0.05) is 37.0 Å². The summed E-state index contributed by atoms with van der Waals surface area (Å²) in [5.41, 5.74) is 0.789. The summed E-state index contributed by atoms with van der Waals surface area (Å²) in [6.07, 6.45) is 0. The second-order valence-corrected chi connectivity index (χ2v) is 3.20. The highest BCUT2D eigenvalue weighted by molar-refractivity contribution is 6.36. The van der Waals surface area contributed by atoms with E-state index in [0.717, 1.165) is 0 Å². The molecule has 0 fully saturated rings. The highest BCUT2D eigenvalue weighted by atomic mass is 35.5. The number of hydrogen-bond acceptors (Lipinski definition) is 1. The second-order valence-electron chi connectivity index (χ2n) is 2.39. The van der Waals surface area contributed by atoms with Crippen LogP contribution >= 0.6 is 23.2 Å². The predicted molar refractivity (Wildman–Crippen MR) is 59.5 cm³/mol. The molecule has 1 N–H and O–H groups in total. The van der Waals surface area contributed by atoms with Gasteiger partial charge in [-0.05, 0) is 24.6 Å². The number of rotatable bonds is 1. The molecule has 0 heterocycles. The molecule has 0 aliphatic heterocycles. The van der Waals surface area contributed by atoms with Gasteiger partial charge in [-0.3, -0.25) is 0 Å². The number of carboxylic acids is 1. The number of halogens is 2. The molecule has 0 saturated carbocycles. The number of benzene rings is 1. The van der Waals surface area contributed by atoms with Crippen LogP contribution in [0.1, 0.15) is 29.8 Å². The maximum Gasteiger partial charge on any atom is 0.337 e. The van der Waals surface area contributed by atoms with Crippen molar-refractivity contribution >= 4 is 29.2 Å². The summed E-state index contributed by atoms with van der Waals surface area (Å²) in [6, 6.07) is 2.88. The van der Waals surface area contributed by atoms with Gasteiger partial charge in [-0.2, -0.15) is 0 Å². The molecular weight excluding hydrogens is 223 g/mol. The van der Waals surface area contributed by atoms with E-state index < -0.39 is 5.97 Å². The van der Waals surface area contributed by atoms with Gasteiger partial charge in [0.25, 0.3) is 0 Å². The van der Waals surface area contributed by atoms with Crippen LogP contribution in [0, 0.1) is 6.92 Å². The Morgan fingerprint density at radius 2 is 1.71 bits per heavy atom. The third kappa shape index (κ3) is 3.20. The normalized spacial score (nSPS) is 8.93. The Morgan fingerprint density at radius 1 is 1.21 bits per heavy atom. The molecule has 0 aromatic heterocycles.